The zero-order valence-corrected chi connectivity index (χ0v) is 17.1. The van der Waals surface area contributed by atoms with Crippen LogP contribution >= 0.6 is 0 Å². The quantitative estimate of drug-likeness (QED) is 0.851. The number of rotatable bonds is 4. The number of ether oxygens (including phenoxy) is 1. The van der Waals surface area contributed by atoms with Crippen LogP contribution in [0.25, 0.3) is 10.9 Å². The molecule has 0 bridgehead atoms. The van der Waals surface area contributed by atoms with Crippen LogP contribution < -0.4 is 15.8 Å². The maximum absolute atomic E-state index is 12.6. The molecule has 29 heavy (non-hydrogen) atoms. The Kier molecular flexibility index (Phi) is 5.71. The Labute approximate surface area is 170 Å². The molecule has 0 spiro atoms. The summed E-state index contributed by atoms with van der Waals surface area (Å²) >= 11 is 0. The van der Waals surface area contributed by atoms with E-state index in [4.69, 9.17) is 4.74 Å². The van der Waals surface area contributed by atoms with Gasteiger partial charge in [-0.05, 0) is 44.9 Å². The average molecular weight is 399 g/mol. The second kappa shape index (κ2) is 8.41. The number of nitrogens with one attached hydrogen (secondary N) is 1. The monoisotopic (exact) mass is 399 g/mol. The Morgan fingerprint density at radius 3 is 2.76 bits per heavy atom. The van der Waals surface area contributed by atoms with Crippen LogP contribution in [-0.4, -0.2) is 65.9 Å². The Hall–Kier alpha value is -2.61. The fourth-order valence-electron chi connectivity index (χ4n) is 3.97. The van der Waals surface area contributed by atoms with Gasteiger partial charge in [0.15, 0.2) is 0 Å². The van der Waals surface area contributed by atoms with E-state index in [1.54, 1.807) is 10.9 Å². The molecule has 0 saturated carbocycles. The number of hydrogen-bond acceptors (Lipinski definition) is 5. The second-order valence-electron chi connectivity index (χ2n) is 8.05. The number of carbonyl (C=O) groups is 1. The lowest BCUT2D eigenvalue weighted by Crippen LogP contribution is -2.52. The predicted octanol–water partition coefficient (Wildman–Crippen LogP) is 1.99. The minimum absolute atomic E-state index is 0.00992. The minimum Gasteiger partial charge on any atom is -0.376 e. The first kappa shape index (κ1) is 19.7. The summed E-state index contributed by atoms with van der Waals surface area (Å²) < 4.78 is 7.21. The van der Waals surface area contributed by atoms with E-state index in [1.807, 2.05) is 36.9 Å². The fraction of sp³-hybridized carbons (Fsp3) is 0.571. The average Bonchev–Trinajstić information content (AvgIpc) is 3.25. The van der Waals surface area contributed by atoms with Crippen LogP contribution in [0.15, 0.2) is 29.3 Å². The summed E-state index contributed by atoms with van der Waals surface area (Å²) in [6.45, 7) is 8.16. The van der Waals surface area contributed by atoms with Gasteiger partial charge in [-0.3, -0.25) is 9.36 Å². The molecule has 4 rings (SSSR count). The summed E-state index contributed by atoms with van der Waals surface area (Å²) in [5.74, 6) is 0. The predicted molar refractivity (Wildman–Crippen MR) is 113 cm³/mol. The molecule has 156 valence electrons. The van der Waals surface area contributed by atoms with Crippen LogP contribution in [0.4, 0.5) is 10.5 Å². The van der Waals surface area contributed by atoms with E-state index >= 15 is 0 Å². The molecule has 0 aliphatic carbocycles. The van der Waals surface area contributed by atoms with Gasteiger partial charge >= 0.3 is 6.03 Å². The molecule has 1 atom stereocenters. The van der Waals surface area contributed by atoms with Crippen molar-refractivity contribution in [3.05, 3.63) is 34.9 Å². The third-order valence-electron chi connectivity index (χ3n) is 5.76. The number of aromatic nitrogens is 2. The van der Waals surface area contributed by atoms with Gasteiger partial charge in [0.2, 0.25) is 0 Å². The van der Waals surface area contributed by atoms with Crippen molar-refractivity contribution >= 4 is 22.6 Å². The number of amides is 2. The maximum atomic E-state index is 12.6. The molecular weight excluding hydrogens is 370 g/mol. The van der Waals surface area contributed by atoms with E-state index < -0.39 is 0 Å². The Bertz CT molecular complexity index is 928. The molecule has 2 aliphatic rings. The van der Waals surface area contributed by atoms with E-state index in [2.05, 4.69) is 15.2 Å². The molecule has 1 aromatic carbocycles. The molecule has 3 heterocycles. The minimum atomic E-state index is -0.0189. The van der Waals surface area contributed by atoms with Gasteiger partial charge in [-0.15, -0.1) is 0 Å². The van der Waals surface area contributed by atoms with Crippen molar-refractivity contribution in [1.29, 1.82) is 0 Å². The van der Waals surface area contributed by atoms with Gasteiger partial charge in [-0.25, -0.2) is 9.78 Å². The highest BCUT2D eigenvalue weighted by Gasteiger charge is 2.23. The van der Waals surface area contributed by atoms with Crippen LogP contribution in [0, 0.1) is 0 Å². The molecule has 1 aromatic heterocycles. The SMILES string of the molecule is CC(C)n1cnc2cc(N3CCN(C(=O)NCC4CCCO4)CC3)ccc2c1=O. The normalized spacial score (nSPS) is 19.9. The Morgan fingerprint density at radius 2 is 2.07 bits per heavy atom. The van der Waals surface area contributed by atoms with Crippen LogP contribution in [0.2, 0.25) is 0 Å². The first-order valence-electron chi connectivity index (χ1n) is 10.4. The highest BCUT2D eigenvalue weighted by molar-refractivity contribution is 5.81. The molecule has 2 aliphatic heterocycles. The van der Waals surface area contributed by atoms with E-state index in [-0.39, 0.29) is 23.7 Å². The zero-order valence-electron chi connectivity index (χ0n) is 17.1. The summed E-state index contributed by atoms with van der Waals surface area (Å²) in [5.41, 5.74) is 1.73. The lowest BCUT2D eigenvalue weighted by atomic mass is 10.2. The van der Waals surface area contributed by atoms with Crippen molar-refractivity contribution in [2.24, 2.45) is 0 Å². The van der Waals surface area contributed by atoms with Gasteiger partial charge in [0.05, 0.1) is 23.3 Å². The number of piperazine rings is 1. The van der Waals surface area contributed by atoms with Crippen LogP contribution in [-0.2, 0) is 4.74 Å². The molecule has 2 aromatic rings. The highest BCUT2D eigenvalue weighted by atomic mass is 16.5. The van der Waals surface area contributed by atoms with Crippen molar-refractivity contribution in [1.82, 2.24) is 19.8 Å². The lowest BCUT2D eigenvalue weighted by molar-refractivity contribution is 0.108. The Balaban J connectivity index is 1.37. The summed E-state index contributed by atoms with van der Waals surface area (Å²) in [5, 5.41) is 3.63. The lowest BCUT2D eigenvalue weighted by Gasteiger charge is -2.36. The van der Waals surface area contributed by atoms with Crippen LogP contribution in [0.1, 0.15) is 32.7 Å². The van der Waals surface area contributed by atoms with Crippen LogP contribution in [0.5, 0.6) is 0 Å². The van der Waals surface area contributed by atoms with Gasteiger partial charge in [0.1, 0.15) is 0 Å². The molecule has 1 N–H and O–H groups in total. The fourth-order valence-corrected chi connectivity index (χ4v) is 3.97. The van der Waals surface area contributed by atoms with E-state index in [9.17, 15) is 9.59 Å². The number of anilines is 1. The summed E-state index contributed by atoms with van der Waals surface area (Å²) in [6.07, 6.45) is 3.87. The van der Waals surface area contributed by atoms with Gasteiger partial charge < -0.3 is 19.9 Å². The topological polar surface area (TPSA) is 79.7 Å². The number of carbonyl (C=O) groups excluding carboxylic acids is 1. The zero-order chi connectivity index (χ0) is 20.4. The van der Waals surface area contributed by atoms with Gasteiger partial charge in [0, 0.05) is 51.1 Å². The molecule has 8 heteroatoms. The molecule has 0 radical (unpaired) electrons. The molecule has 2 saturated heterocycles. The first-order chi connectivity index (χ1) is 14.0. The number of nitrogens with zero attached hydrogens (tertiary/aromatic N) is 4. The van der Waals surface area contributed by atoms with Crippen molar-refractivity contribution in [3.63, 3.8) is 0 Å². The summed E-state index contributed by atoms with van der Waals surface area (Å²) in [4.78, 5) is 33.5. The van der Waals surface area contributed by atoms with Gasteiger partial charge in [0.25, 0.3) is 5.56 Å². The standard InChI is InChI=1S/C21H29N5O3/c1-15(2)26-14-23-19-12-16(5-6-18(19)20(26)27)24-7-9-25(10-8-24)21(28)22-13-17-4-3-11-29-17/h5-6,12,14-15,17H,3-4,7-11,13H2,1-2H3,(H,22,28). The molecule has 8 nitrogen and oxygen atoms in total. The molecule has 2 fully saturated rings. The number of urea groups is 1. The van der Waals surface area contributed by atoms with Crippen molar-refractivity contribution < 1.29 is 9.53 Å². The molecular formula is C21H29N5O3. The van der Waals surface area contributed by atoms with E-state index in [0.29, 0.717) is 30.5 Å². The van der Waals surface area contributed by atoms with Gasteiger partial charge in [-0.2, -0.15) is 0 Å². The van der Waals surface area contributed by atoms with Crippen molar-refractivity contribution in [3.8, 4) is 0 Å². The third-order valence-corrected chi connectivity index (χ3v) is 5.76. The van der Waals surface area contributed by atoms with E-state index in [0.717, 1.165) is 38.2 Å². The maximum Gasteiger partial charge on any atom is 0.317 e. The largest absolute Gasteiger partial charge is 0.376 e. The highest BCUT2D eigenvalue weighted by Crippen LogP contribution is 2.21. The number of fused-ring (bicyclic) bond motifs is 1. The third kappa shape index (κ3) is 4.22. The number of benzene rings is 1. The summed E-state index contributed by atoms with van der Waals surface area (Å²) in [6, 6.07) is 5.87. The Morgan fingerprint density at radius 1 is 1.28 bits per heavy atom. The van der Waals surface area contributed by atoms with Crippen LogP contribution in [0.3, 0.4) is 0 Å². The van der Waals surface area contributed by atoms with Crippen molar-refractivity contribution in [2.45, 2.75) is 38.8 Å². The van der Waals surface area contributed by atoms with E-state index in [1.165, 1.54) is 0 Å². The van der Waals surface area contributed by atoms with Crippen molar-refractivity contribution in [2.75, 3.05) is 44.2 Å². The second-order valence-corrected chi connectivity index (χ2v) is 8.05. The smallest absolute Gasteiger partial charge is 0.317 e. The summed E-state index contributed by atoms with van der Waals surface area (Å²) in [7, 11) is 0. The molecule has 2 amide bonds. The van der Waals surface area contributed by atoms with Gasteiger partial charge in [-0.1, -0.05) is 0 Å². The first-order valence-corrected chi connectivity index (χ1v) is 10.4. The number of hydrogen-bond donors (Lipinski definition) is 1. The molecule has 1 unspecified atom stereocenters.